The largest absolute Gasteiger partial charge is 0.456 e. The Kier molecular flexibility index (Phi) is 8.48. The summed E-state index contributed by atoms with van der Waals surface area (Å²) >= 11 is 0. The molecule has 8 aromatic carbocycles. The first kappa shape index (κ1) is 33.6. The third-order valence-corrected chi connectivity index (χ3v) is 10.4. The number of benzene rings is 8. The molecule has 10 rings (SSSR count). The van der Waals surface area contributed by atoms with Gasteiger partial charge in [-0.3, -0.25) is 0 Å². The maximum Gasteiger partial charge on any atom is 0.164 e. The van der Waals surface area contributed by atoms with Crippen molar-refractivity contribution in [3.8, 4) is 84.7 Å². The summed E-state index contributed by atoms with van der Waals surface area (Å²) in [4.78, 5) is 15.3. The molecular weight excluding hydrogens is 697 g/mol. The van der Waals surface area contributed by atoms with Crippen LogP contribution in [0.15, 0.2) is 199 Å². The maximum atomic E-state index is 9.46. The maximum absolute atomic E-state index is 9.46. The molecule has 2 heterocycles. The number of rotatable bonds is 7. The van der Waals surface area contributed by atoms with E-state index in [4.69, 9.17) is 19.4 Å². The molecule has 5 heteroatoms. The minimum absolute atomic E-state index is 0.543. The fourth-order valence-electron chi connectivity index (χ4n) is 7.58. The second kappa shape index (κ2) is 14.4. The van der Waals surface area contributed by atoms with Crippen molar-refractivity contribution in [2.45, 2.75) is 0 Å². The smallest absolute Gasteiger partial charge is 0.164 e. The standard InChI is InChI=1S/C52H32N4O/c53-33-34-12-9-17-39(30-34)36-24-26-38(27-25-36)50-54-51(56-52(55-50)45-21-8-7-20-43(45)37-15-5-2-6-16-37)42-28-29-46-48(32-42)57-47-23-11-22-44(49(46)47)41-19-10-18-40(31-41)35-13-3-1-4-14-35/h1-32H. The Morgan fingerprint density at radius 1 is 0.351 bits per heavy atom. The molecule has 5 nitrogen and oxygen atoms in total. The van der Waals surface area contributed by atoms with Crippen LogP contribution in [0, 0.1) is 11.3 Å². The quantitative estimate of drug-likeness (QED) is 0.163. The lowest BCUT2D eigenvalue weighted by Gasteiger charge is -2.12. The van der Waals surface area contributed by atoms with Crippen LogP contribution in [0.3, 0.4) is 0 Å². The average Bonchev–Trinajstić information content (AvgIpc) is 3.68. The van der Waals surface area contributed by atoms with Gasteiger partial charge in [0.2, 0.25) is 0 Å². The van der Waals surface area contributed by atoms with E-state index in [1.807, 2.05) is 97.1 Å². The molecule has 0 fully saturated rings. The van der Waals surface area contributed by atoms with Crippen LogP contribution >= 0.6 is 0 Å². The lowest BCUT2D eigenvalue weighted by Crippen LogP contribution is -2.01. The zero-order chi connectivity index (χ0) is 38.1. The Morgan fingerprint density at radius 2 is 0.895 bits per heavy atom. The molecule has 0 aliphatic heterocycles. The summed E-state index contributed by atoms with van der Waals surface area (Å²) in [5.41, 5.74) is 13.4. The first-order valence-corrected chi connectivity index (χ1v) is 18.8. The molecule has 0 N–H and O–H groups in total. The molecule has 0 amide bonds. The third kappa shape index (κ3) is 6.42. The lowest BCUT2D eigenvalue weighted by molar-refractivity contribution is 0.669. The van der Waals surface area contributed by atoms with Crippen LogP contribution in [0.4, 0.5) is 0 Å². The first-order valence-electron chi connectivity index (χ1n) is 18.8. The highest BCUT2D eigenvalue weighted by Gasteiger charge is 2.18. The zero-order valence-corrected chi connectivity index (χ0v) is 30.7. The van der Waals surface area contributed by atoms with Crippen molar-refractivity contribution in [2.24, 2.45) is 0 Å². The highest BCUT2D eigenvalue weighted by Crippen LogP contribution is 2.40. The summed E-state index contributed by atoms with van der Waals surface area (Å²) in [6, 6.07) is 68.1. The minimum Gasteiger partial charge on any atom is -0.456 e. The summed E-state index contributed by atoms with van der Waals surface area (Å²) in [6.07, 6.45) is 0. The van der Waals surface area contributed by atoms with E-state index in [1.54, 1.807) is 0 Å². The Morgan fingerprint density at radius 3 is 1.67 bits per heavy atom. The van der Waals surface area contributed by atoms with Crippen LogP contribution in [-0.2, 0) is 0 Å². The molecule has 10 aromatic rings. The van der Waals surface area contributed by atoms with Gasteiger partial charge in [-0.2, -0.15) is 5.26 Å². The van der Waals surface area contributed by atoms with Gasteiger partial charge in [0.05, 0.1) is 11.6 Å². The molecule has 0 aliphatic rings. The fraction of sp³-hybridized carbons (Fsp3) is 0. The molecule has 2 aromatic heterocycles. The van der Waals surface area contributed by atoms with Gasteiger partial charge in [-0.25, -0.2) is 15.0 Å². The molecule has 0 atom stereocenters. The fourth-order valence-corrected chi connectivity index (χ4v) is 7.58. The Hall–Kier alpha value is -7.94. The average molecular weight is 729 g/mol. The molecule has 0 saturated heterocycles. The summed E-state index contributed by atoms with van der Waals surface area (Å²) in [5, 5.41) is 11.5. The third-order valence-electron chi connectivity index (χ3n) is 10.4. The van der Waals surface area contributed by atoms with Gasteiger partial charge >= 0.3 is 0 Å². The van der Waals surface area contributed by atoms with Gasteiger partial charge in [0.1, 0.15) is 11.2 Å². The minimum atomic E-state index is 0.543. The van der Waals surface area contributed by atoms with Crippen molar-refractivity contribution >= 4 is 21.9 Å². The summed E-state index contributed by atoms with van der Waals surface area (Å²) in [5.74, 6) is 1.67. The molecule has 0 unspecified atom stereocenters. The van der Waals surface area contributed by atoms with Crippen molar-refractivity contribution in [3.63, 3.8) is 0 Å². The first-order chi connectivity index (χ1) is 28.2. The van der Waals surface area contributed by atoms with E-state index >= 15 is 0 Å². The van der Waals surface area contributed by atoms with E-state index in [0.717, 1.165) is 72.0 Å². The predicted octanol–water partition coefficient (Wildman–Crippen LogP) is 13.3. The lowest BCUT2D eigenvalue weighted by atomic mass is 9.96. The van der Waals surface area contributed by atoms with Crippen molar-refractivity contribution in [1.29, 1.82) is 5.26 Å². The zero-order valence-electron chi connectivity index (χ0n) is 30.7. The van der Waals surface area contributed by atoms with E-state index in [1.165, 1.54) is 11.1 Å². The molecule has 266 valence electrons. The van der Waals surface area contributed by atoms with Crippen LogP contribution in [0.25, 0.3) is 101 Å². The molecule has 57 heavy (non-hydrogen) atoms. The second-order valence-electron chi connectivity index (χ2n) is 13.9. The Bertz CT molecular complexity index is 3130. The molecule has 0 bridgehead atoms. The highest BCUT2D eigenvalue weighted by atomic mass is 16.3. The number of fused-ring (bicyclic) bond motifs is 3. The van der Waals surface area contributed by atoms with E-state index in [9.17, 15) is 5.26 Å². The van der Waals surface area contributed by atoms with Gasteiger partial charge in [0.15, 0.2) is 17.5 Å². The molecule has 0 saturated carbocycles. The molecule has 0 radical (unpaired) electrons. The summed E-state index contributed by atoms with van der Waals surface area (Å²) in [6.45, 7) is 0. The van der Waals surface area contributed by atoms with Gasteiger partial charge in [-0.1, -0.05) is 158 Å². The summed E-state index contributed by atoms with van der Waals surface area (Å²) in [7, 11) is 0. The van der Waals surface area contributed by atoms with Gasteiger partial charge in [0, 0.05) is 27.5 Å². The van der Waals surface area contributed by atoms with Gasteiger partial charge in [0.25, 0.3) is 0 Å². The van der Waals surface area contributed by atoms with Crippen LogP contribution in [0.1, 0.15) is 5.56 Å². The number of hydrogen-bond acceptors (Lipinski definition) is 5. The number of nitriles is 1. The van der Waals surface area contributed by atoms with Crippen molar-refractivity contribution in [2.75, 3.05) is 0 Å². The number of hydrogen-bond donors (Lipinski definition) is 0. The number of aromatic nitrogens is 3. The van der Waals surface area contributed by atoms with Crippen LogP contribution in [0.5, 0.6) is 0 Å². The molecule has 0 aliphatic carbocycles. The number of nitrogens with zero attached hydrogens (tertiary/aromatic N) is 4. The van der Waals surface area contributed by atoms with Crippen LogP contribution in [0.2, 0.25) is 0 Å². The monoisotopic (exact) mass is 728 g/mol. The SMILES string of the molecule is N#Cc1cccc(-c2ccc(-c3nc(-c4ccc5c(c4)oc4cccc(-c6cccc(-c7ccccc7)c6)c45)nc(-c4ccccc4-c4ccccc4)n3)cc2)c1. The molecule has 0 spiro atoms. The Balaban J connectivity index is 1.10. The van der Waals surface area contributed by atoms with Crippen molar-refractivity contribution < 1.29 is 4.42 Å². The van der Waals surface area contributed by atoms with E-state index in [0.29, 0.717) is 23.0 Å². The van der Waals surface area contributed by atoms with Crippen molar-refractivity contribution in [3.05, 3.63) is 200 Å². The number of furan rings is 1. The van der Waals surface area contributed by atoms with Crippen LogP contribution < -0.4 is 0 Å². The van der Waals surface area contributed by atoms with E-state index in [-0.39, 0.29) is 0 Å². The predicted molar refractivity (Wildman–Crippen MR) is 230 cm³/mol. The summed E-state index contributed by atoms with van der Waals surface area (Å²) < 4.78 is 6.58. The molecular formula is C52H32N4O. The Labute approximate surface area is 329 Å². The van der Waals surface area contributed by atoms with Crippen molar-refractivity contribution in [1.82, 2.24) is 15.0 Å². The van der Waals surface area contributed by atoms with Gasteiger partial charge < -0.3 is 4.42 Å². The normalized spacial score (nSPS) is 11.1. The van der Waals surface area contributed by atoms with E-state index < -0.39 is 0 Å². The topological polar surface area (TPSA) is 75.6 Å². The van der Waals surface area contributed by atoms with Gasteiger partial charge in [-0.15, -0.1) is 0 Å². The van der Waals surface area contributed by atoms with Crippen LogP contribution in [-0.4, -0.2) is 15.0 Å². The second-order valence-corrected chi connectivity index (χ2v) is 13.9. The highest BCUT2D eigenvalue weighted by molar-refractivity contribution is 6.13. The van der Waals surface area contributed by atoms with E-state index in [2.05, 4.69) is 103 Å². The van der Waals surface area contributed by atoms with Gasteiger partial charge in [-0.05, 0) is 80.9 Å².